The van der Waals surface area contributed by atoms with Gasteiger partial charge in [0.25, 0.3) is 0 Å². The zero-order valence-electron chi connectivity index (χ0n) is 20.2. The predicted octanol–water partition coefficient (Wildman–Crippen LogP) is 8.84. The number of unbranched alkanes of at least 4 members (excludes halogenated alkanes) is 10. The molecule has 0 spiro atoms. The van der Waals surface area contributed by atoms with E-state index in [0.717, 1.165) is 12.0 Å². The van der Waals surface area contributed by atoms with E-state index in [1.165, 1.54) is 89.9 Å². The van der Waals surface area contributed by atoms with Gasteiger partial charge in [-0.2, -0.15) is 0 Å². The van der Waals surface area contributed by atoms with Crippen LogP contribution in [-0.4, -0.2) is 12.6 Å². The van der Waals surface area contributed by atoms with E-state index >= 15 is 0 Å². The zero-order valence-corrected chi connectivity index (χ0v) is 20.2. The molecule has 1 rings (SSSR count). The van der Waals surface area contributed by atoms with Gasteiger partial charge < -0.3 is 4.74 Å². The highest BCUT2D eigenvalue weighted by Gasteiger charge is 2.21. The van der Waals surface area contributed by atoms with Crippen molar-refractivity contribution in [3.63, 3.8) is 0 Å². The van der Waals surface area contributed by atoms with Crippen molar-refractivity contribution in [1.82, 2.24) is 0 Å². The minimum absolute atomic E-state index is 0.0424. The molecule has 2 atom stereocenters. The maximum Gasteiger partial charge on any atom is 0.313 e. The van der Waals surface area contributed by atoms with Gasteiger partial charge in [0.2, 0.25) is 0 Å². The fraction of sp³-hybridized carbons (Fsp3) is 0.750. The summed E-state index contributed by atoms with van der Waals surface area (Å²) in [5.41, 5.74) is 1.08. The second kappa shape index (κ2) is 18.5. The number of hydrogen-bond acceptors (Lipinski definition) is 2. The van der Waals surface area contributed by atoms with Gasteiger partial charge in [-0.25, -0.2) is 0 Å². The molecule has 0 aliphatic heterocycles. The Morgan fingerprint density at radius 3 is 1.73 bits per heavy atom. The number of ether oxygens (including phenoxy) is 1. The van der Waals surface area contributed by atoms with Gasteiger partial charge in [0, 0.05) is 0 Å². The smallest absolute Gasteiger partial charge is 0.313 e. The number of hydrogen-bond donors (Lipinski definition) is 0. The largest absolute Gasteiger partial charge is 0.465 e. The van der Waals surface area contributed by atoms with Crippen LogP contribution in [0, 0.1) is 5.92 Å². The van der Waals surface area contributed by atoms with Gasteiger partial charge in [-0.3, -0.25) is 4.79 Å². The van der Waals surface area contributed by atoms with Gasteiger partial charge in [-0.05, 0) is 30.7 Å². The molecule has 2 heteroatoms. The lowest BCUT2D eigenvalue weighted by atomic mass is 9.94. The van der Waals surface area contributed by atoms with Crippen molar-refractivity contribution in [3.05, 3.63) is 35.9 Å². The van der Waals surface area contributed by atoms with Crippen LogP contribution >= 0.6 is 0 Å². The van der Waals surface area contributed by atoms with Crippen LogP contribution in [0.25, 0.3) is 0 Å². The molecule has 0 heterocycles. The number of carbonyl (C=O) groups is 1. The Labute approximate surface area is 187 Å². The van der Waals surface area contributed by atoms with Crippen LogP contribution in [-0.2, 0) is 9.53 Å². The Morgan fingerprint density at radius 1 is 0.733 bits per heavy atom. The third kappa shape index (κ3) is 12.4. The summed E-state index contributed by atoms with van der Waals surface area (Å²) in [7, 11) is 0. The Hall–Kier alpha value is -1.31. The van der Waals surface area contributed by atoms with Gasteiger partial charge >= 0.3 is 5.97 Å². The molecule has 0 N–H and O–H groups in total. The lowest BCUT2D eigenvalue weighted by Crippen LogP contribution is -2.20. The predicted molar refractivity (Wildman–Crippen MR) is 130 cm³/mol. The highest BCUT2D eigenvalue weighted by Crippen LogP contribution is 2.24. The summed E-state index contributed by atoms with van der Waals surface area (Å²) in [5.74, 6) is 0.355. The summed E-state index contributed by atoms with van der Waals surface area (Å²) in [6, 6.07) is 10.1. The molecule has 0 saturated carbocycles. The van der Waals surface area contributed by atoms with Crippen molar-refractivity contribution in [2.24, 2.45) is 5.92 Å². The van der Waals surface area contributed by atoms with Gasteiger partial charge in [0.1, 0.15) is 0 Å². The molecule has 0 amide bonds. The normalized spacial score (nSPS) is 13.2. The third-order valence-corrected chi connectivity index (χ3v) is 6.29. The van der Waals surface area contributed by atoms with Gasteiger partial charge in [-0.1, -0.05) is 128 Å². The second-order valence-corrected chi connectivity index (χ2v) is 8.98. The Morgan fingerprint density at radius 2 is 1.23 bits per heavy atom. The van der Waals surface area contributed by atoms with E-state index in [1.54, 1.807) is 0 Å². The van der Waals surface area contributed by atoms with Crippen molar-refractivity contribution in [3.8, 4) is 0 Å². The number of rotatable bonds is 19. The molecule has 2 nitrogen and oxygen atoms in total. The molecule has 0 aliphatic carbocycles. The first kappa shape index (κ1) is 26.7. The standard InChI is InChI=1S/C28H48O2/c1-4-7-9-11-12-14-17-21-25(20-16-13-10-8-5-2)24-30-28(29)27(6-3)26-22-18-15-19-23-26/h15,18-19,22-23,25,27H,4-14,16-17,20-21,24H2,1-3H3. The first-order chi connectivity index (χ1) is 14.7. The van der Waals surface area contributed by atoms with E-state index in [1.807, 2.05) is 30.3 Å². The van der Waals surface area contributed by atoms with E-state index in [2.05, 4.69) is 20.8 Å². The molecule has 2 unspecified atom stereocenters. The quantitative estimate of drug-likeness (QED) is 0.166. The van der Waals surface area contributed by atoms with Crippen molar-refractivity contribution >= 4 is 5.97 Å². The fourth-order valence-corrected chi connectivity index (χ4v) is 4.26. The summed E-state index contributed by atoms with van der Waals surface area (Å²) >= 11 is 0. The van der Waals surface area contributed by atoms with Crippen molar-refractivity contribution < 1.29 is 9.53 Å². The van der Waals surface area contributed by atoms with Crippen LogP contribution in [0.15, 0.2) is 30.3 Å². The minimum Gasteiger partial charge on any atom is -0.465 e. The molecule has 0 bridgehead atoms. The molecular formula is C28H48O2. The van der Waals surface area contributed by atoms with Crippen LogP contribution in [0.4, 0.5) is 0 Å². The number of benzene rings is 1. The molecule has 1 aromatic carbocycles. The molecule has 0 fully saturated rings. The van der Waals surface area contributed by atoms with Gasteiger partial charge in [0.05, 0.1) is 12.5 Å². The molecule has 1 aromatic rings. The van der Waals surface area contributed by atoms with E-state index < -0.39 is 0 Å². The summed E-state index contributed by atoms with van der Waals surface area (Å²) in [5, 5.41) is 0. The molecule has 0 saturated heterocycles. The molecule has 30 heavy (non-hydrogen) atoms. The number of esters is 1. The average Bonchev–Trinajstić information content (AvgIpc) is 2.77. The van der Waals surface area contributed by atoms with E-state index in [9.17, 15) is 4.79 Å². The Balaban J connectivity index is 2.42. The van der Waals surface area contributed by atoms with E-state index in [-0.39, 0.29) is 11.9 Å². The summed E-state index contributed by atoms with van der Waals surface area (Å²) in [4.78, 5) is 12.7. The van der Waals surface area contributed by atoms with Crippen LogP contribution in [0.5, 0.6) is 0 Å². The first-order valence-electron chi connectivity index (χ1n) is 12.9. The molecule has 0 aliphatic rings. The fourth-order valence-electron chi connectivity index (χ4n) is 4.26. The van der Waals surface area contributed by atoms with Crippen molar-refractivity contribution in [2.75, 3.05) is 6.61 Å². The molecular weight excluding hydrogens is 368 g/mol. The molecule has 0 radical (unpaired) electrons. The van der Waals surface area contributed by atoms with Crippen molar-refractivity contribution in [1.29, 1.82) is 0 Å². The molecule has 0 aromatic heterocycles. The Bertz CT molecular complexity index is 511. The van der Waals surface area contributed by atoms with Crippen LogP contribution in [0.2, 0.25) is 0 Å². The SMILES string of the molecule is CCCCCCCCCC(CCCCCCC)COC(=O)C(CC)c1ccccc1. The van der Waals surface area contributed by atoms with Crippen LogP contribution < -0.4 is 0 Å². The maximum absolute atomic E-state index is 12.7. The summed E-state index contributed by atoms with van der Waals surface area (Å²) in [6.45, 7) is 7.21. The minimum atomic E-state index is -0.130. The topological polar surface area (TPSA) is 26.3 Å². The molecule has 172 valence electrons. The summed E-state index contributed by atoms with van der Waals surface area (Å²) in [6.07, 6.45) is 19.2. The highest BCUT2D eigenvalue weighted by molar-refractivity contribution is 5.78. The third-order valence-electron chi connectivity index (χ3n) is 6.29. The van der Waals surface area contributed by atoms with E-state index in [4.69, 9.17) is 4.74 Å². The van der Waals surface area contributed by atoms with Crippen LogP contribution in [0.1, 0.15) is 129 Å². The highest BCUT2D eigenvalue weighted by atomic mass is 16.5. The monoisotopic (exact) mass is 416 g/mol. The Kier molecular flexibility index (Phi) is 16.4. The number of carbonyl (C=O) groups excluding carboxylic acids is 1. The van der Waals surface area contributed by atoms with Crippen molar-refractivity contribution in [2.45, 2.75) is 123 Å². The lowest BCUT2D eigenvalue weighted by molar-refractivity contribution is -0.147. The maximum atomic E-state index is 12.7. The lowest BCUT2D eigenvalue weighted by Gasteiger charge is -2.20. The average molecular weight is 417 g/mol. The van der Waals surface area contributed by atoms with E-state index in [0.29, 0.717) is 12.5 Å². The van der Waals surface area contributed by atoms with Gasteiger partial charge in [-0.15, -0.1) is 0 Å². The van der Waals surface area contributed by atoms with Gasteiger partial charge in [0.15, 0.2) is 0 Å². The second-order valence-electron chi connectivity index (χ2n) is 8.98. The summed E-state index contributed by atoms with van der Waals surface area (Å²) < 4.78 is 5.86. The zero-order chi connectivity index (χ0) is 21.9. The first-order valence-corrected chi connectivity index (χ1v) is 12.9. The van der Waals surface area contributed by atoms with Crippen LogP contribution in [0.3, 0.4) is 0 Å².